The standard InChI is InChI=1S/C27H25F7N2O2/c1-16-3-8-18(9-4-16)24(25(37)35-2)36-22(14-7-17-5-11-20(12-6-17)26(29,30)31)19-10-13-21(28)23(15-19)38-27(32,33)34/h3-6,8-13,15,22,24,36H,7,14H2,1-2H3,(H,35,37)/t22-,24-/m1/s1. The highest BCUT2D eigenvalue weighted by molar-refractivity contribution is 5.83. The van der Waals surface area contributed by atoms with Gasteiger partial charge in [-0.25, -0.2) is 4.39 Å². The van der Waals surface area contributed by atoms with E-state index in [-0.39, 0.29) is 18.4 Å². The van der Waals surface area contributed by atoms with Crippen molar-refractivity contribution < 1.29 is 40.3 Å². The van der Waals surface area contributed by atoms with Crippen LogP contribution in [0.2, 0.25) is 0 Å². The van der Waals surface area contributed by atoms with Crippen LogP contribution in [0.5, 0.6) is 5.75 Å². The Morgan fingerprint density at radius 3 is 2.05 bits per heavy atom. The number of carbonyl (C=O) groups is 1. The Hall–Kier alpha value is -3.60. The minimum Gasteiger partial charge on any atom is -0.403 e. The highest BCUT2D eigenvalue weighted by Crippen LogP contribution is 2.33. The van der Waals surface area contributed by atoms with Crippen molar-refractivity contribution in [2.75, 3.05) is 7.05 Å². The number of benzene rings is 3. The van der Waals surface area contributed by atoms with Crippen molar-refractivity contribution in [3.63, 3.8) is 0 Å². The Morgan fingerprint density at radius 2 is 1.50 bits per heavy atom. The lowest BCUT2D eigenvalue weighted by Crippen LogP contribution is -2.38. The van der Waals surface area contributed by atoms with Gasteiger partial charge in [0.05, 0.1) is 5.56 Å². The molecule has 0 saturated carbocycles. The van der Waals surface area contributed by atoms with Crippen molar-refractivity contribution in [2.24, 2.45) is 0 Å². The monoisotopic (exact) mass is 542 g/mol. The minimum absolute atomic E-state index is 0.155. The van der Waals surface area contributed by atoms with E-state index in [1.165, 1.54) is 25.2 Å². The largest absolute Gasteiger partial charge is 0.573 e. The number of ether oxygens (including phenoxy) is 1. The number of likely N-dealkylation sites (N-methyl/N-ethyl adjacent to an activating group) is 1. The molecule has 3 aromatic carbocycles. The molecular formula is C27H25F7N2O2. The number of alkyl halides is 6. The van der Waals surface area contributed by atoms with Crippen LogP contribution < -0.4 is 15.4 Å². The molecule has 0 heterocycles. The lowest BCUT2D eigenvalue weighted by atomic mass is 9.95. The maximum absolute atomic E-state index is 14.1. The molecule has 0 aliphatic carbocycles. The van der Waals surface area contributed by atoms with Crippen molar-refractivity contribution in [3.05, 3.63) is 100 Å². The molecule has 1 amide bonds. The predicted octanol–water partition coefficient (Wildman–Crippen LogP) is 6.80. The first kappa shape index (κ1) is 29.0. The number of hydrogen-bond acceptors (Lipinski definition) is 3. The Balaban J connectivity index is 1.95. The molecule has 2 atom stereocenters. The van der Waals surface area contributed by atoms with Gasteiger partial charge in [0.2, 0.25) is 5.91 Å². The van der Waals surface area contributed by atoms with Crippen LogP contribution >= 0.6 is 0 Å². The number of nitrogens with one attached hydrogen (secondary N) is 2. The molecule has 11 heteroatoms. The second-order valence-corrected chi connectivity index (χ2v) is 8.65. The molecule has 0 unspecified atom stereocenters. The van der Waals surface area contributed by atoms with E-state index in [1.807, 2.05) is 6.92 Å². The summed E-state index contributed by atoms with van der Waals surface area (Å²) in [5.74, 6) is -2.70. The summed E-state index contributed by atoms with van der Waals surface area (Å²) in [4.78, 5) is 12.8. The van der Waals surface area contributed by atoms with Crippen molar-refractivity contribution in [3.8, 4) is 5.75 Å². The second kappa shape index (κ2) is 11.8. The molecule has 4 nitrogen and oxygen atoms in total. The molecule has 2 N–H and O–H groups in total. The van der Waals surface area contributed by atoms with E-state index in [1.54, 1.807) is 24.3 Å². The van der Waals surface area contributed by atoms with Crippen LogP contribution in [0.4, 0.5) is 30.7 Å². The Labute approximate surface area is 214 Å². The van der Waals surface area contributed by atoms with Gasteiger partial charge in [0.15, 0.2) is 11.6 Å². The highest BCUT2D eigenvalue weighted by atomic mass is 19.4. The molecule has 0 saturated heterocycles. The summed E-state index contributed by atoms with van der Waals surface area (Å²) < 4.78 is 95.1. The zero-order valence-corrected chi connectivity index (χ0v) is 20.4. The van der Waals surface area contributed by atoms with Gasteiger partial charge in [-0.05, 0) is 60.7 Å². The van der Waals surface area contributed by atoms with Crippen molar-refractivity contribution in [1.29, 1.82) is 0 Å². The topological polar surface area (TPSA) is 50.4 Å². The quantitative estimate of drug-likeness (QED) is 0.293. The van der Waals surface area contributed by atoms with Crippen LogP contribution in [0.3, 0.4) is 0 Å². The average Bonchev–Trinajstić information content (AvgIpc) is 2.85. The number of aryl methyl sites for hydroxylation is 2. The Kier molecular flexibility index (Phi) is 9.03. The summed E-state index contributed by atoms with van der Waals surface area (Å²) in [6, 6.07) is 12.7. The normalized spacial score (nSPS) is 13.6. The second-order valence-electron chi connectivity index (χ2n) is 8.65. The Morgan fingerprint density at radius 1 is 0.895 bits per heavy atom. The first-order valence-corrected chi connectivity index (χ1v) is 11.5. The summed E-state index contributed by atoms with van der Waals surface area (Å²) in [7, 11) is 1.43. The fourth-order valence-corrected chi connectivity index (χ4v) is 3.88. The van der Waals surface area contributed by atoms with Gasteiger partial charge >= 0.3 is 12.5 Å². The van der Waals surface area contributed by atoms with Crippen LogP contribution in [0.1, 0.15) is 46.3 Å². The number of halogens is 7. The van der Waals surface area contributed by atoms with Crippen molar-refractivity contribution >= 4 is 5.91 Å². The molecule has 0 aliphatic rings. The third kappa shape index (κ3) is 7.95. The van der Waals surface area contributed by atoms with E-state index in [4.69, 9.17) is 0 Å². The lowest BCUT2D eigenvalue weighted by molar-refractivity contribution is -0.275. The van der Waals surface area contributed by atoms with Crippen LogP contribution in [-0.4, -0.2) is 19.3 Å². The summed E-state index contributed by atoms with van der Waals surface area (Å²) in [5, 5.41) is 5.66. The minimum atomic E-state index is -5.13. The maximum atomic E-state index is 14.1. The van der Waals surface area contributed by atoms with E-state index in [2.05, 4.69) is 15.4 Å². The van der Waals surface area contributed by atoms with Crippen LogP contribution in [-0.2, 0) is 17.4 Å². The molecule has 0 aliphatic heterocycles. The van der Waals surface area contributed by atoms with E-state index in [0.717, 1.165) is 29.8 Å². The molecule has 0 fully saturated rings. The number of carbonyl (C=O) groups excluding carboxylic acids is 1. The fourth-order valence-electron chi connectivity index (χ4n) is 3.88. The van der Waals surface area contributed by atoms with Crippen molar-refractivity contribution in [2.45, 2.75) is 44.4 Å². The van der Waals surface area contributed by atoms with Crippen LogP contribution in [0, 0.1) is 12.7 Å². The van der Waals surface area contributed by atoms with Gasteiger partial charge in [-0.15, -0.1) is 13.2 Å². The highest BCUT2D eigenvalue weighted by Gasteiger charge is 2.33. The molecule has 0 spiro atoms. The van der Waals surface area contributed by atoms with Gasteiger partial charge in [0.25, 0.3) is 0 Å². The molecule has 3 aromatic rings. The number of hydrogen-bond donors (Lipinski definition) is 2. The predicted molar refractivity (Wildman–Crippen MR) is 127 cm³/mol. The molecule has 0 aromatic heterocycles. The smallest absolute Gasteiger partial charge is 0.403 e. The van der Waals surface area contributed by atoms with Gasteiger partial charge in [-0.3, -0.25) is 10.1 Å². The first-order valence-electron chi connectivity index (χ1n) is 11.5. The van der Waals surface area contributed by atoms with Gasteiger partial charge in [-0.1, -0.05) is 48.0 Å². The van der Waals surface area contributed by atoms with Gasteiger partial charge in [0.1, 0.15) is 6.04 Å². The molecule has 3 rings (SSSR count). The van der Waals surface area contributed by atoms with E-state index < -0.39 is 47.7 Å². The Bertz CT molecular complexity index is 1220. The third-order valence-corrected chi connectivity index (χ3v) is 5.87. The summed E-state index contributed by atoms with van der Waals surface area (Å²) in [5.41, 5.74) is 1.42. The first-order chi connectivity index (χ1) is 17.8. The van der Waals surface area contributed by atoms with Crippen LogP contribution in [0.15, 0.2) is 66.7 Å². The number of amides is 1. The van der Waals surface area contributed by atoms with Crippen LogP contribution in [0.25, 0.3) is 0 Å². The van der Waals surface area contributed by atoms with Gasteiger partial charge in [0, 0.05) is 13.1 Å². The lowest BCUT2D eigenvalue weighted by Gasteiger charge is -2.26. The molecular weight excluding hydrogens is 517 g/mol. The SMILES string of the molecule is CNC(=O)[C@H](N[C@H](CCc1ccc(C(F)(F)F)cc1)c1ccc(F)c(OC(F)(F)F)c1)c1ccc(C)cc1. The maximum Gasteiger partial charge on any atom is 0.573 e. The van der Waals surface area contributed by atoms with E-state index in [0.29, 0.717) is 11.1 Å². The summed E-state index contributed by atoms with van der Waals surface area (Å²) in [6.45, 7) is 1.86. The average molecular weight is 542 g/mol. The number of rotatable bonds is 9. The third-order valence-electron chi connectivity index (χ3n) is 5.87. The molecule has 0 radical (unpaired) electrons. The van der Waals surface area contributed by atoms with Gasteiger partial charge in [-0.2, -0.15) is 13.2 Å². The molecule has 0 bridgehead atoms. The summed E-state index contributed by atoms with van der Waals surface area (Å²) >= 11 is 0. The van der Waals surface area contributed by atoms with E-state index >= 15 is 0 Å². The molecule has 204 valence electrons. The fraction of sp³-hybridized carbons (Fsp3) is 0.296. The molecule has 38 heavy (non-hydrogen) atoms. The van der Waals surface area contributed by atoms with Crippen molar-refractivity contribution in [1.82, 2.24) is 10.6 Å². The zero-order chi connectivity index (χ0) is 28.1. The van der Waals surface area contributed by atoms with Gasteiger partial charge < -0.3 is 10.1 Å². The zero-order valence-electron chi connectivity index (χ0n) is 20.4. The summed E-state index contributed by atoms with van der Waals surface area (Å²) in [6.07, 6.45) is -9.27. The van der Waals surface area contributed by atoms with E-state index in [9.17, 15) is 35.5 Å².